The number of rotatable bonds is 4. The number of carboxylic acids is 1. The van der Waals surface area contributed by atoms with Crippen molar-refractivity contribution >= 4 is 12.1 Å². The van der Waals surface area contributed by atoms with Crippen molar-refractivity contribution in [1.82, 2.24) is 5.32 Å². The largest absolute Gasteiger partial charge is 0.481 e. The maximum absolute atomic E-state index is 12.3. The number of aliphatic carboxylic acids is 1. The van der Waals surface area contributed by atoms with Gasteiger partial charge in [0.15, 0.2) is 0 Å². The molecule has 4 rings (SSSR count). The molecule has 1 fully saturated rings. The van der Waals surface area contributed by atoms with Crippen LogP contribution in [0.15, 0.2) is 48.5 Å². The zero-order valence-electron chi connectivity index (χ0n) is 15.4. The van der Waals surface area contributed by atoms with Crippen molar-refractivity contribution in [3.63, 3.8) is 0 Å². The van der Waals surface area contributed by atoms with E-state index in [0.717, 1.165) is 0 Å². The summed E-state index contributed by atoms with van der Waals surface area (Å²) in [6, 6.07) is 16.2. The van der Waals surface area contributed by atoms with E-state index >= 15 is 0 Å². The average molecular weight is 365 g/mol. The zero-order valence-corrected chi connectivity index (χ0v) is 15.4. The van der Waals surface area contributed by atoms with Gasteiger partial charge in [-0.25, -0.2) is 4.79 Å². The summed E-state index contributed by atoms with van der Waals surface area (Å²) >= 11 is 0. The Morgan fingerprint density at radius 3 is 2.15 bits per heavy atom. The fourth-order valence-corrected chi connectivity index (χ4v) is 4.37. The van der Waals surface area contributed by atoms with E-state index in [4.69, 9.17) is 4.74 Å². The van der Waals surface area contributed by atoms with Crippen LogP contribution in [0.3, 0.4) is 0 Å². The highest BCUT2D eigenvalue weighted by Gasteiger charge is 2.52. The number of hydrogen-bond donors (Lipinski definition) is 2. The molecular formula is C22H23NO4. The van der Waals surface area contributed by atoms with E-state index in [1.807, 2.05) is 38.1 Å². The molecule has 0 spiro atoms. The number of amides is 1. The summed E-state index contributed by atoms with van der Waals surface area (Å²) in [5.74, 6) is -1.23. The lowest BCUT2D eigenvalue weighted by Gasteiger charge is -2.49. The van der Waals surface area contributed by atoms with Crippen molar-refractivity contribution in [2.45, 2.75) is 32.2 Å². The van der Waals surface area contributed by atoms with E-state index in [1.54, 1.807) is 0 Å². The maximum Gasteiger partial charge on any atom is 0.407 e. The van der Waals surface area contributed by atoms with Gasteiger partial charge in [-0.1, -0.05) is 62.4 Å². The summed E-state index contributed by atoms with van der Waals surface area (Å²) in [6.45, 7) is 3.99. The second kappa shape index (κ2) is 6.41. The molecule has 140 valence electrons. The Labute approximate surface area is 158 Å². The summed E-state index contributed by atoms with van der Waals surface area (Å²) in [5.41, 5.74) is 4.23. The zero-order chi connectivity index (χ0) is 19.2. The van der Waals surface area contributed by atoms with Crippen LogP contribution in [0, 0.1) is 11.3 Å². The normalized spacial score (nSPS) is 22.3. The van der Waals surface area contributed by atoms with Crippen LogP contribution in [0.5, 0.6) is 0 Å². The third kappa shape index (κ3) is 2.87. The van der Waals surface area contributed by atoms with E-state index in [1.165, 1.54) is 22.3 Å². The molecule has 5 nitrogen and oxygen atoms in total. The first-order valence-electron chi connectivity index (χ1n) is 9.24. The van der Waals surface area contributed by atoms with E-state index in [0.29, 0.717) is 6.42 Å². The highest BCUT2D eigenvalue weighted by Crippen LogP contribution is 2.47. The van der Waals surface area contributed by atoms with Crippen LogP contribution >= 0.6 is 0 Å². The van der Waals surface area contributed by atoms with Gasteiger partial charge in [-0.05, 0) is 34.1 Å². The predicted octanol–water partition coefficient (Wildman–Crippen LogP) is 4.02. The second-order valence-electron chi connectivity index (χ2n) is 7.97. The number of fused-ring (bicyclic) bond motifs is 3. The third-order valence-corrected chi connectivity index (χ3v) is 6.20. The topological polar surface area (TPSA) is 75.6 Å². The minimum atomic E-state index is -0.814. The van der Waals surface area contributed by atoms with Gasteiger partial charge in [0, 0.05) is 12.0 Å². The first-order chi connectivity index (χ1) is 12.9. The summed E-state index contributed by atoms with van der Waals surface area (Å²) in [7, 11) is 0. The first-order valence-corrected chi connectivity index (χ1v) is 9.24. The molecule has 2 aromatic carbocycles. The van der Waals surface area contributed by atoms with Crippen LogP contribution in [0.25, 0.3) is 11.1 Å². The molecule has 0 aromatic heterocycles. The predicted molar refractivity (Wildman–Crippen MR) is 102 cm³/mol. The molecule has 2 atom stereocenters. The van der Waals surface area contributed by atoms with E-state index in [2.05, 4.69) is 29.6 Å². The Morgan fingerprint density at radius 1 is 1.07 bits per heavy atom. The molecule has 0 aliphatic heterocycles. The molecule has 2 N–H and O–H groups in total. The fourth-order valence-electron chi connectivity index (χ4n) is 4.37. The highest BCUT2D eigenvalue weighted by molar-refractivity contribution is 5.79. The van der Waals surface area contributed by atoms with Gasteiger partial charge in [-0.2, -0.15) is 0 Å². The van der Waals surface area contributed by atoms with E-state index < -0.39 is 23.4 Å². The highest BCUT2D eigenvalue weighted by atomic mass is 16.5. The Balaban J connectivity index is 1.42. The molecule has 2 unspecified atom stereocenters. The number of benzene rings is 2. The number of carbonyl (C=O) groups excluding carboxylic acids is 1. The van der Waals surface area contributed by atoms with E-state index in [9.17, 15) is 14.7 Å². The van der Waals surface area contributed by atoms with Gasteiger partial charge in [0.25, 0.3) is 0 Å². The van der Waals surface area contributed by atoms with Crippen molar-refractivity contribution in [2.75, 3.05) is 6.61 Å². The van der Waals surface area contributed by atoms with Crippen molar-refractivity contribution in [3.8, 4) is 11.1 Å². The molecule has 2 aliphatic rings. The number of carbonyl (C=O) groups is 2. The Morgan fingerprint density at radius 2 is 1.63 bits per heavy atom. The molecule has 2 aromatic rings. The van der Waals surface area contributed by atoms with Crippen molar-refractivity contribution in [1.29, 1.82) is 0 Å². The van der Waals surface area contributed by atoms with Gasteiger partial charge in [0.2, 0.25) is 0 Å². The van der Waals surface area contributed by atoms with E-state index in [-0.39, 0.29) is 18.6 Å². The standard InChI is InChI=1S/C22H23NO4/c1-22(2)18(20(24)25)11-19(22)23-21(26)27-12-17-15-9-5-3-7-13(15)14-8-4-6-10-16(14)17/h3-10,17-19H,11-12H2,1-2H3,(H,23,26)(H,24,25). The molecule has 0 radical (unpaired) electrons. The van der Waals surface area contributed by atoms with Crippen LogP contribution in [0.1, 0.15) is 37.3 Å². The van der Waals surface area contributed by atoms with Gasteiger partial charge < -0.3 is 15.2 Å². The van der Waals surface area contributed by atoms with Crippen LogP contribution in [-0.2, 0) is 9.53 Å². The second-order valence-corrected chi connectivity index (χ2v) is 7.97. The number of hydrogen-bond acceptors (Lipinski definition) is 3. The van der Waals surface area contributed by atoms with Gasteiger partial charge in [-0.3, -0.25) is 4.79 Å². The molecule has 27 heavy (non-hydrogen) atoms. The summed E-state index contributed by atoms with van der Waals surface area (Å²) in [4.78, 5) is 23.5. The van der Waals surface area contributed by atoms with Crippen LogP contribution in [0.4, 0.5) is 4.79 Å². The van der Waals surface area contributed by atoms with Gasteiger partial charge in [0.1, 0.15) is 6.61 Å². The van der Waals surface area contributed by atoms with Crippen LogP contribution < -0.4 is 5.32 Å². The van der Waals surface area contributed by atoms with Gasteiger partial charge >= 0.3 is 12.1 Å². The lowest BCUT2D eigenvalue weighted by molar-refractivity contribution is -0.155. The van der Waals surface area contributed by atoms with Crippen molar-refractivity contribution < 1.29 is 19.4 Å². The van der Waals surface area contributed by atoms with Crippen LogP contribution in [0.2, 0.25) is 0 Å². The molecule has 1 amide bonds. The molecule has 5 heteroatoms. The van der Waals surface area contributed by atoms with Gasteiger partial charge in [-0.15, -0.1) is 0 Å². The Kier molecular flexibility index (Phi) is 4.17. The summed E-state index contributed by atoms with van der Waals surface area (Å²) in [6.07, 6.45) is -0.0502. The minimum absolute atomic E-state index is 0.0179. The SMILES string of the molecule is CC1(C)C(NC(=O)OCC2c3ccccc3-c3ccccc32)CC1C(=O)O. The lowest BCUT2D eigenvalue weighted by atomic mass is 9.58. The van der Waals surface area contributed by atoms with Crippen LogP contribution in [-0.4, -0.2) is 29.8 Å². The molecule has 1 saturated carbocycles. The van der Waals surface area contributed by atoms with Gasteiger partial charge in [0.05, 0.1) is 5.92 Å². The third-order valence-electron chi connectivity index (χ3n) is 6.20. The lowest BCUT2D eigenvalue weighted by Crippen LogP contribution is -2.60. The average Bonchev–Trinajstić information content (AvgIpc) is 2.97. The Hall–Kier alpha value is -2.82. The molecule has 0 saturated heterocycles. The molecule has 2 aliphatic carbocycles. The number of carboxylic acid groups (broad SMARTS) is 1. The molecule has 0 bridgehead atoms. The smallest absolute Gasteiger partial charge is 0.407 e. The summed E-state index contributed by atoms with van der Waals surface area (Å²) in [5, 5.41) is 12.0. The molecule has 0 heterocycles. The van der Waals surface area contributed by atoms with Crippen molar-refractivity contribution in [2.24, 2.45) is 11.3 Å². The first kappa shape index (κ1) is 17.6. The monoisotopic (exact) mass is 365 g/mol. The van der Waals surface area contributed by atoms with Crippen molar-refractivity contribution in [3.05, 3.63) is 59.7 Å². The molecular weight excluding hydrogens is 342 g/mol. The fraction of sp³-hybridized carbons (Fsp3) is 0.364. The number of alkyl carbamates (subject to hydrolysis) is 1. The quantitative estimate of drug-likeness (QED) is 0.858. The number of ether oxygens (including phenoxy) is 1. The minimum Gasteiger partial charge on any atom is -0.481 e. The maximum atomic E-state index is 12.3. The number of nitrogens with one attached hydrogen (secondary N) is 1. The summed E-state index contributed by atoms with van der Waals surface area (Å²) < 4.78 is 5.54. The Bertz CT molecular complexity index is 859.